The first-order valence-corrected chi connectivity index (χ1v) is 8.70. The summed E-state index contributed by atoms with van der Waals surface area (Å²) in [6.07, 6.45) is 1.52. The maximum atomic E-state index is 12.4. The van der Waals surface area contributed by atoms with Crippen LogP contribution in [0.2, 0.25) is 15.1 Å². The minimum atomic E-state index is -0.682. The van der Waals surface area contributed by atoms with E-state index in [0.717, 1.165) is 5.56 Å². The van der Waals surface area contributed by atoms with Crippen molar-refractivity contribution >= 4 is 52.2 Å². The summed E-state index contributed by atoms with van der Waals surface area (Å²) in [5, 5.41) is 18.9. The Hall–Kier alpha value is -2.61. The van der Waals surface area contributed by atoms with Crippen molar-refractivity contribution in [3.8, 4) is 0 Å². The fraction of sp³-hybridized carbons (Fsp3) is 0.0588. The summed E-state index contributed by atoms with van der Waals surface area (Å²) in [6, 6.07) is 10.7. The van der Waals surface area contributed by atoms with Crippen LogP contribution < -0.4 is 5.32 Å². The molecule has 0 unspecified atom stereocenters. The number of aromatic nitrogens is 2. The largest absolute Gasteiger partial charge is 0.304 e. The number of amides is 1. The second-order valence-electron chi connectivity index (χ2n) is 5.49. The van der Waals surface area contributed by atoms with Gasteiger partial charge in [-0.05, 0) is 23.8 Å². The number of benzene rings is 2. The number of para-hydroxylation sites is 1. The first-order chi connectivity index (χ1) is 12.8. The molecule has 1 heterocycles. The van der Waals surface area contributed by atoms with E-state index in [9.17, 15) is 14.9 Å². The van der Waals surface area contributed by atoms with Crippen LogP contribution in [0.15, 0.2) is 48.7 Å². The lowest BCUT2D eigenvalue weighted by molar-refractivity contribution is -0.385. The van der Waals surface area contributed by atoms with Crippen LogP contribution in [-0.2, 0) is 6.54 Å². The van der Waals surface area contributed by atoms with Crippen molar-refractivity contribution in [1.82, 2.24) is 9.78 Å². The summed E-state index contributed by atoms with van der Waals surface area (Å²) < 4.78 is 1.49. The van der Waals surface area contributed by atoms with E-state index in [2.05, 4.69) is 10.4 Å². The molecule has 0 saturated carbocycles. The lowest BCUT2D eigenvalue weighted by Crippen LogP contribution is -2.15. The highest BCUT2D eigenvalue weighted by molar-refractivity contribution is 6.35. The molecule has 3 aromatic rings. The van der Waals surface area contributed by atoms with Gasteiger partial charge in [0.05, 0.1) is 11.5 Å². The number of carbonyl (C=O) groups excluding carboxylic acids is 1. The molecule has 2 aromatic carbocycles. The molecule has 0 atom stereocenters. The third-order valence-corrected chi connectivity index (χ3v) is 4.51. The summed E-state index contributed by atoms with van der Waals surface area (Å²) in [6.45, 7) is 0.303. The number of nitro groups is 1. The zero-order valence-electron chi connectivity index (χ0n) is 13.5. The third-order valence-electron chi connectivity index (χ3n) is 3.64. The van der Waals surface area contributed by atoms with Gasteiger partial charge >= 0.3 is 0 Å². The molecule has 0 bridgehead atoms. The molecule has 10 heteroatoms. The quantitative estimate of drug-likeness (QED) is 0.457. The van der Waals surface area contributed by atoms with Gasteiger partial charge in [0.25, 0.3) is 11.6 Å². The number of halogens is 3. The smallest absolute Gasteiger partial charge is 0.282 e. The van der Waals surface area contributed by atoms with E-state index in [0.29, 0.717) is 16.6 Å². The number of nitro benzene ring substituents is 1. The van der Waals surface area contributed by atoms with Crippen molar-refractivity contribution in [2.45, 2.75) is 6.54 Å². The topological polar surface area (TPSA) is 90.1 Å². The van der Waals surface area contributed by atoms with E-state index >= 15 is 0 Å². The Bertz CT molecular complexity index is 1040. The van der Waals surface area contributed by atoms with Crippen LogP contribution in [0.25, 0.3) is 0 Å². The van der Waals surface area contributed by atoms with E-state index < -0.39 is 10.8 Å². The highest BCUT2D eigenvalue weighted by atomic mass is 35.5. The molecule has 1 aromatic heterocycles. The van der Waals surface area contributed by atoms with Crippen LogP contribution in [0.4, 0.5) is 11.5 Å². The molecule has 0 aliphatic rings. The third kappa shape index (κ3) is 4.39. The number of anilines is 1. The first kappa shape index (κ1) is 19.2. The van der Waals surface area contributed by atoms with E-state index in [4.69, 9.17) is 34.8 Å². The normalized spacial score (nSPS) is 10.6. The molecule has 0 aliphatic carbocycles. The zero-order valence-corrected chi connectivity index (χ0v) is 15.8. The summed E-state index contributed by atoms with van der Waals surface area (Å²) in [5.41, 5.74) is 0.365. The Labute approximate surface area is 168 Å². The molecule has 138 valence electrons. The van der Waals surface area contributed by atoms with Crippen molar-refractivity contribution in [3.63, 3.8) is 0 Å². The second kappa shape index (κ2) is 7.96. The second-order valence-corrected chi connectivity index (χ2v) is 6.74. The Morgan fingerprint density at radius 1 is 1.15 bits per heavy atom. The summed E-state index contributed by atoms with van der Waals surface area (Å²) >= 11 is 18.1. The molecule has 0 radical (unpaired) electrons. The van der Waals surface area contributed by atoms with E-state index in [1.165, 1.54) is 35.1 Å². The molecular formula is C17H11Cl3N4O3. The van der Waals surface area contributed by atoms with Gasteiger partial charge < -0.3 is 5.32 Å². The fourth-order valence-corrected chi connectivity index (χ4v) is 3.05. The molecule has 3 rings (SSSR count). The predicted molar refractivity (Wildman–Crippen MR) is 104 cm³/mol. The number of hydrogen-bond donors (Lipinski definition) is 1. The summed E-state index contributed by atoms with van der Waals surface area (Å²) in [7, 11) is 0. The molecule has 7 nitrogen and oxygen atoms in total. The molecule has 1 N–H and O–H groups in total. The number of nitrogens with one attached hydrogen (secondary N) is 1. The number of hydrogen-bond acceptors (Lipinski definition) is 4. The average molecular weight is 426 g/mol. The fourth-order valence-electron chi connectivity index (χ4n) is 2.39. The van der Waals surface area contributed by atoms with Crippen molar-refractivity contribution in [2.75, 3.05) is 5.32 Å². The van der Waals surface area contributed by atoms with Crippen LogP contribution in [0.5, 0.6) is 0 Å². The van der Waals surface area contributed by atoms with Gasteiger partial charge in [-0.3, -0.25) is 19.6 Å². The monoisotopic (exact) mass is 424 g/mol. The molecule has 0 fully saturated rings. The Kier molecular flexibility index (Phi) is 5.65. The molecule has 0 saturated heterocycles. The summed E-state index contributed by atoms with van der Waals surface area (Å²) in [4.78, 5) is 22.8. The highest BCUT2D eigenvalue weighted by Crippen LogP contribution is 2.25. The Morgan fingerprint density at radius 3 is 2.59 bits per heavy atom. The predicted octanol–water partition coefficient (Wildman–Crippen LogP) is 5.05. The van der Waals surface area contributed by atoms with Crippen molar-refractivity contribution in [3.05, 3.63) is 85.0 Å². The number of carbonyl (C=O) groups is 1. The number of nitrogens with zero attached hydrogens (tertiary/aromatic N) is 3. The minimum Gasteiger partial charge on any atom is -0.304 e. The van der Waals surface area contributed by atoms with Crippen molar-refractivity contribution in [2.24, 2.45) is 0 Å². The lowest BCUT2D eigenvalue weighted by atomic mass is 10.1. The molecule has 0 spiro atoms. The standard InChI is InChI=1S/C17H11Cl3N4O3/c18-11-6-5-10(13(19)7-11)8-23-9-14(20)16(22-23)21-17(25)12-3-1-2-4-15(12)24(26)27/h1-7,9H,8H2,(H,21,22,25). The molecule has 0 aliphatic heterocycles. The van der Waals surface area contributed by atoms with Gasteiger partial charge in [0.1, 0.15) is 10.6 Å². The highest BCUT2D eigenvalue weighted by Gasteiger charge is 2.21. The maximum Gasteiger partial charge on any atom is 0.282 e. The lowest BCUT2D eigenvalue weighted by Gasteiger charge is -2.05. The van der Waals surface area contributed by atoms with Gasteiger partial charge in [0, 0.05) is 22.3 Å². The summed E-state index contributed by atoms with van der Waals surface area (Å²) in [5.74, 6) is -0.594. The van der Waals surface area contributed by atoms with Crippen LogP contribution in [0, 0.1) is 10.1 Å². The van der Waals surface area contributed by atoms with Gasteiger partial charge in [-0.15, -0.1) is 0 Å². The van der Waals surface area contributed by atoms with Crippen molar-refractivity contribution in [1.29, 1.82) is 0 Å². The van der Waals surface area contributed by atoms with Crippen LogP contribution in [0.3, 0.4) is 0 Å². The minimum absolute atomic E-state index is 0.0879. The Balaban J connectivity index is 1.81. The van der Waals surface area contributed by atoms with Crippen LogP contribution in [-0.4, -0.2) is 20.6 Å². The van der Waals surface area contributed by atoms with E-state index in [1.807, 2.05) is 0 Å². The molecular weight excluding hydrogens is 415 g/mol. The number of rotatable bonds is 5. The van der Waals surface area contributed by atoms with Crippen LogP contribution in [0.1, 0.15) is 15.9 Å². The van der Waals surface area contributed by atoms with Gasteiger partial charge in [-0.2, -0.15) is 5.10 Å². The van der Waals surface area contributed by atoms with E-state index in [-0.39, 0.29) is 22.1 Å². The average Bonchev–Trinajstić information content (AvgIpc) is 2.96. The van der Waals surface area contributed by atoms with Crippen LogP contribution >= 0.6 is 34.8 Å². The van der Waals surface area contributed by atoms with E-state index in [1.54, 1.807) is 18.2 Å². The van der Waals surface area contributed by atoms with Gasteiger partial charge in [0.2, 0.25) is 0 Å². The molecule has 27 heavy (non-hydrogen) atoms. The van der Waals surface area contributed by atoms with Gasteiger partial charge in [-0.1, -0.05) is 53.0 Å². The Morgan fingerprint density at radius 2 is 1.89 bits per heavy atom. The van der Waals surface area contributed by atoms with Gasteiger partial charge in [-0.25, -0.2) is 0 Å². The van der Waals surface area contributed by atoms with Crippen molar-refractivity contribution < 1.29 is 9.72 Å². The zero-order chi connectivity index (χ0) is 19.6. The SMILES string of the molecule is O=C(Nc1nn(Cc2ccc(Cl)cc2Cl)cc1Cl)c1ccccc1[N+](=O)[O-]. The molecule has 1 amide bonds. The van der Waals surface area contributed by atoms with Gasteiger partial charge in [0.15, 0.2) is 5.82 Å². The maximum absolute atomic E-state index is 12.4. The first-order valence-electron chi connectivity index (χ1n) is 7.57.